The van der Waals surface area contributed by atoms with Gasteiger partial charge in [0.05, 0.1) is 5.56 Å². The van der Waals surface area contributed by atoms with Gasteiger partial charge in [0.15, 0.2) is 0 Å². The molecule has 1 N–H and O–H groups in total. The van der Waals surface area contributed by atoms with Crippen LogP contribution in [0.4, 0.5) is 0 Å². The SMILES string of the molecule is Cc1cc(OCCOc2ccccc2)ccc1C(=O)O. The first-order chi connectivity index (χ1) is 9.66. The molecular weight excluding hydrogens is 256 g/mol. The summed E-state index contributed by atoms with van der Waals surface area (Å²) in [6.07, 6.45) is 0. The highest BCUT2D eigenvalue weighted by molar-refractivity contribution is 5.89. The van der Waals surface area contributed by atoms with Gasteiger partial charge in [-0.05, 0) is 42.8 Å². The van der Waals surface area contributed by atoms with E-state index in [4.69, 9.17) is 14.6 Å². The average Bonchev–Trinajstić information content (AvgIpc) is 2.44. The summed E-state index contributed by atoms with van der Waals surface area (Å²) in [7, 11) is 0. The average molecular weight is 272 g/mol. The molecule has 0 saturated carbocycles. The number of ether oxygens (including phenoxy) is 2. The van der Waals surface area contributed by atoms with Gasteiger partial charge in [-0.25, -0.2) is 4.79 Å². The van der Waals surface area contributed by atoms with E-state index in [-0.39, 0.29) is 5.56 Å². The van der Waals surface area contributed by atoms with Crippen molar-refractivity contribution >= 4 is 5.97 Å². The maximum absolute atomic E-state index is 10.9. The molecule has 0 atom stereocenters. The van der Waals surface area contributed by atoms with E-state index in [0.717, 1.165) is 5.75 Å². The normalized spacial score (nSPS) is 10.1. The molecule has 0 aliphatic carbocycles. The van der Waals surface area contributed by atoms with Gasteiger partial charge in [-0.2, -0.15) is 0 Å². The minimum Gasteiger partial charge on any atom is -0.490 e. The number of rotatable bonds is 6. The minimum absolute atomic E-state index is 0.290. The van der Waals surface area contributed by atoms with Gasteiger partial charge in [0, 0.05) is 0 Å². The highest BCUT2D eigenvalue weighted by atomic mass is 16.5. The van der Waals surface area contributed by atoms with Gasteiger partial charge in [0.2, 0.25) is 0 Å². The lowest BCUT2D eigenvalue weighted by Crippen LogP contribution is -2.09. The molecule has 0 bridgehead atoms. The van der Waals surface area contributed by atoms with Gasteiger partial charge in [-0.3, -0.25) is 0 Å². The summed E-state index contributed by atoms with van der Waals surface area (Å²) in [6, 6.07) is 14.4. The van der Waals surface area contributed by atoms with Gasteiger partial charge in [-0.15, -0.1) is 0 Å². The van der Waals surface area contributed by atoms with Crippen LogP contribution in [0.2, 0.25) is 0 Å². The largest absolute Gasteiger partial charge is 0.490 e. The summed E-state index contributed by atoms with van der Waals surface area (Å²) in [5.74, 6) is 0.513. The van der Waals surface area contributed by atoms with Crippen LogP contribution in [0, 0.1) is 6.92 Å². The number of hydrogen-bond donors (Lipinski definition) is 1. The van der Waals surface area contributed by atoms with Crippen molar-refractivity contribution in [1.82, 2.24) is 0 Å². The molecule has 0 aliphatic heterocycles. The highest BCUT2D eigenvalue weighted by Crippen LogP contribution is 2.17. The molecule has 0 saturated heterocycles. The molecule has 0 amide bonds. The molecule has 0 aliphatic rings. The molecule has 0 radical (unpaired) electrons. The Bertz CT molecular complexity index is 578. The fraction of sp³-hybridized carbons (Fsp3) is 0.188. The first-order valence-electron chi connectivity index (χ1n) is 6.31. The Morgan fingerprint density at radius 2 is 1.65 bits per heavy atom. The number of benzene rings is 2. The van der Waals surface area contributed by atoms with Crippen LogP contribution in [-0.2, 0) is 0 Å². The molecule has 0 fully saturated rings. The molecule has 0 aromatic heterocycles. The molecule has 4 heteroatoms. The van der Waals surface area contributed by atoms with Crippen LogP contribution in [0.1, 0.15) is 15.9 Å². The number of carboxylic acid groups (broad SMARTS) is 1. The Kier molecular flexibility index (Phi) is 4.60. The third kappa shape index (κ3) is 3.75. The Morgan fingerprint density at radius 3 is 2.25 bits per heavy atom. The number of para-hydroxylation sites is 1. The molecule has 0 heterocycles. The Morgan fingerprint density at radius 1 is 1.00 bits per heavy atom. The summed E-state index contributed by atoms with van der Waals surface area (Å²) < 4.78 is 11.0. The van der Waals surface area contributed by atoms with Crippen molar-refractivity contribution in [3.8, 4) is 11.5 Å². The number of carbonyl (C=O) groups is 1. The van der Waals surface area contributed by atoms with E-state index >= 15 is 0 Å². The van der Waals surface area contributed by atoms with E-state index in [9.17, 15) is 4.79 Å². The summed E-state index contributed by atoms with van der Waals surface area (Å²) in [5.41, 5.74) is 0.969. The smallest absolute Gasteiger partial charge is 0.335 e. The monoisotopic (exact) mass is 272 g/mol. The highest BCUT2D eigenvalue weighted by Gasteiger charge is 2.07. The fourth-order valence-corrected chi connectivity index (χ4v) is 1.80. The summed E-state index contributed by atoms with van der Waals surface area (Å²) in [4.78, 5) is 10.9. The van der Waals surface area contributed by atoms with Gasteiger partial charge in [0.1, 0.15) is 24.7 Å². The molecule has 2 rings (SSSR count). The molecular formula is C16H16O4. The predicted octanol–water partition coefficient (Wildman–Crippen LogP) is 3.15. The first kappa shape index (κ1) is 13.9. The Balaban J connectivity index is 1.83. The van der Waals surface area contributed by atoms with Crippen LogP contribution in [0.3, 0.4) is 0 Å². The lowest BCUT2D eigenvalue weighted by atomic mass is 10.1. The lowest BCUT2D eigenvalue weighted by molar-refractivity contribution is 0.0696. The second kappa shape index (κ2) is 6.61. The number of hydrogen-bond acceptors (Lipinski definition) is 3. The quantitative estimate of drug-likeness (QED) is 0.821. The second-order valence-electron chi connectivity index (χ2n) is 4.29. The van der Waals surface area contributed by atoms with Gasteiger partial charge >= 0.3 is 5.97 Å². The van der Waals surface area contributed by atoms with Crippen LogP contribution < -0.4 is 9.47 Å². The molecule has 4 nitrogen and oxygen atoms in total. The molecule has 2 aromatic rings. The van der Waals surface area contributed by atoms with Crippen LogP contribution in [0.15, 0.2) is 48.5 Å². The van der Waals surface area contributed by atoms with E-state index < -0.39 is 5.97 Å². The Labute approximate surface area is 117 Å². The topological polar surface area (TPSA) is 55.8 Å². The molecule has 104 valence electrons. The van der Waals surface area contributed by atoms with E-state index in [2.05, 4.69) is 0 Å². The van der Waals surface area contributed by atoms with E-state index in [1.807, 2.05) is 30.3 Å². The zero-order valence-electron chi connectivity index (χ0n) is 11.2. The van der Waals surface area contributed by atoms with Crippen LogP contribution >= 0.6 is 0 Å². The first-order valence-corrected chi connectivity index (χ1v) is 6.31. The van der Waals surface area contributed by atoms with Crippen molar-refractivity contribution in [3.63, 3.8) is 0 Å². The third-order valence-corrected chi connectivity index (χ3v) is 2.79. The molecule has 0 unspecified atom stereocenters. The van der Waals surface area contributed by atoms with Crippen molar-refractivity contribution in [1.29, 1.82) is 0 Å². The van der Waals surface area contributed by atoms with Crippen LogP contribution in [0.25, 0.3) is 0 Å². The second-order valence-corrected chi connectivity index (χ2v) is 4.29. The van der Waals surface area contributed by atoms with Crippen molar-refractivity contribution in [2.75, 3.05) is 13.2 Å². The predicted molar refractivity (Wildman–Crippen MR) is 75.6 cm³/mol. The van der Waals surface area contributed by atoms with Gasteiger partial charge in [-0.1, -0.05) is 18.2 Å². The molecule has 2 aromatic carbocycles. The number of aromatic carboxylic acids is 1. The van der Waals surface area contributed by atoms with Crippen molar-refractivity contribution in [2.24, 2.45) is 0 Å². The van der Waals surface area contributed by atoms with Crippen molar-refractivity contribution in [2.45, 2.75) is 6.92 Å². The van der Waals surface area contributed by atoms with E-state index in [1.165, 1.54) is 0 Å². The van der Waals surface area contributed by atoms with Gasteiger partial charge < -0.3 is 14.6 Å². The van der Waals surface area contributed by atoms with E-state index in [0.29, 0.717) is 24.5 Å². The molecule has 20 heavy (non-hydrogen) atoms. The van der Waals surface area contributed by atoms with Gasteiger partial charge in [0.25, 0.3) is 0 Å². The summed E-state index contributed by atoms with van der Waals surface area (Å²) in [6.45, 7) is 2.58. The summed E-state index contributed by atoms with van der Waals surface area (Å²) >= 11 is 0. The van der Waals surface area contributed by atoms with E-state index in [1.54, 1.807) is 25.1 Å². The standard InChI is InChI=1S/C16H16O4/c1-12-11-14(7-8-15(12)16(17)18)20-10-9-19-13-5-3-2-4-6-13/h2-8,11H,9-10H2,1H3,(H,17,18). The zero-order chi connectivity index (χ0) is 14.4. The molecule has 0 spiro atoms. The zero-order valence-corrected chi connectivity index (χ0v) is 11.2. The number of aryl methyl sites for hydroxylation is 1. The fourth-order valence-electron chi connectivity index (χ4n) is 1.80. The minimum atomic E-state index is -0.929. The third-order valence-electron chi connectivity index (χ3n) is 2.79. The maximum atomic E-state index is 10.9. The van der Waals surface area contributed by atoms with Crippen LogP contribution in [-0.4, -0.2) is 24.3 Å². The maximum Gasteiger partial charge on any atom is 0.335 e. The summed E-state index contributed by atoms with van der Waals surface area (Å²) in [5, 5.41) is 8.94. The number of carboxylic acids is 1. The van der Waals surface area contributed by atoms with Crippen molar-refractivity contribution < 1.29 is 19.4 Å². The van der Waals surface area contributed by atoms with Crippen molar-refractivity contribution in [3.05, 3.63) is 59.7 Å². The Hall–Kier alpha value is -2.49. The lowest BCUT2D eigenvalue weighted by Gasteiger charge is -2.09. The van der Waals surface area contributed by atoms with Crippen LogP contribution in [0.5, 0.6) is 11.5 Å².